The number of benzene rings is 1. The molecule has 0 saturated carbocycles. The summed E-state index contributed by atoms with van der Waals surface area (Å²) in [6.07, 6.45) is 0. The molecule has 0 aliphatic carbocycles. The molecule has 0 atom stereocenters. The first-order chi connectivity index (χ1) is 9.40. The minimum Gasteiger partial charge on any atom is -0.495 e. The molecule has 0 aliphatic rings. The number of ether oxygens (including phenoxy) is 1. The molecule has 2 aromatic rings. The molecule has 1 aromatic heterocycles. The lowest BCUT2D eigenvalue weighted by molar-refractivity contribution is 0.412. The molecule has 2 rings (SSSR count). The number of furan rings is 1. The third-order valence-corrected chi connectivity index (χ3v) is 3.97. The first kappa shape index (κ1) is 14.9. The zero-order valence-electron chi connectivity index (χ0n) is 10.6. The van der Waals surface area contributed by atoms with Crippen molar-refractivity contribution in [3.05, 3.63) is 40.6 Å². The Morgan fingerprint density at radius 2 is 2.10 bits per heavy atom. The molecule has 6 nitrogen and oxygen atoms in total. The zero-order chi connectivity index (χ0) is 14.8. The van der Waals surface area contributed by atoms with E-state index in [4.69, 9.17) is 14.3 Å². The fourth-order valence-corrected chi connectivity index (χ4v) is 2.45. The van der Waals surface area contributed by atoms with Crippen LogP contribution in [0.2, 0.25) is 0 Å². The molecule has 20 heavy (non-hydrogen) atoms. The van der Waals surface area contributed by atoms with Gasteiger partial charge in [-0.3, -0.25) is 0 Å². The molecule has 3 N–H and O–H groups in total. The number of primary sulfonamides is 1. The minimum absolute atomic E-state index is 0.248. The van der Waals surface area contributed by atoms with E-state index >= 15 is 0 Å². The summed E-state index contributed by atoms with van der Waals surface area (Å²) in [6.45, 7) is 0.334. The van der Waals surface area contributed by atoms with Crippen molar-refractivity contribution >= 4 is 31.6 Å². The van der Waals surface area contributed by atoms with E-state index in [-0.39, 0.29) is 5.09 Å². The fraction of sp³-hybridized carbons (Fsp3) is 0.167. The lowest BCUT2D eigenvalue weighted by atomic mass is 10.3. The highest BCUT2D eigenvalue weighted by atomic mass is 79.9. The Kier molecular flexibility index (Phi) is 4.36. The smallest absolute Gasteiger partial charge is 0.271 e. The van der Waals surface area contributed by atoms with Gasteiger partial charge in [-0.2, -0.15) is 0 Å². The fourth-order valence-electron chi connectivity index (χ4n) is 1.57. The molecule has 0 aliphatic heterocycles. The predicted molar refractivity (Wildman–Crippen MR) is 78.1 cm³/mol. The third-order valence-electron chi connectivity index (χ3n) is 2.54. The Hall–Kier alpha value is -1.51. The highest BCUT2D eigenvalue weighted by Gasteiger charge is 2.13. The lowest BCUT2D eigenvalue weighted by Crippen LogP contribution is -2.10. The van der Waals surface area contributed by atoms with Crippen molar-refractivity contribution in [1.82, 2.24) is 0 Å². The summed E-state index contributed by atoms with van der Waals surface area (Å²) in [5.41, 5.74) is 0.818. The van der Waals surface area contributed by atoms with Crippen LogP contribution in [0.3, 0.4) is 0 Å². The summed E-state index contributed by atoms with van der Waals surface area (Å²) in [6, 6.07) is 8.40. The van der Waals surface area contributed by atoms with Gasteiger partial charge in [-0.05, 0) is 40.2 Å². The van der Waals surface area contributed by atoms with Gasteiger partial charge in [-0.15, -0.1) is 0 Å². The number of nitrogens with two attached hydrogens (primary N) is 1. The summed E-state index contributed by atoms with van der Waals surface area (Å²) < 4.78 is 33.3. The van der Waals surface area contributed by atoms with Crippen LogP contribution < -0.4 is 15.2 Å². The molecular formula is C12H13BrN2O4S. The van der Waals surface area contributed by atoms with Crippen molar-refractivity contribution in [3.63, 3.8) is 0 Å². The first-order valence-electron chi connectivity index (χ1n) is 5.59. The molecule has 0 unspecified atom stereocenters. The maximum Gasteiger partial charge on any atom is 0.271 e. The van der Waals surface area contributed by atoms with Gasteiger partial charge in [0.2, 0.25) is 5.09 Å². The Labute approximate surface area is 125 Å². The largest absolute Gasteiger partial charge is 0.495 e. The minimum atomic E-state index is -3.80. The molecule has 1 heterocycles. The first-order valence-corrected chi connectivity index (χ1v) is 7.93. The molecule has 0 radical (unpaired) electrons. The number of hydrogen-bond donors (Lipinski definition) is 2. The standard InChI is InChI=1S/C12H13BrN2O4S/c1-18-11-6-8(2-4-10(11)13)15-7-9-3-5-12(19-9)20(14,16)17/h2-6,15H,7H2,1H3,(H2,14,16,17). The van der Waals surface area contributed by atoms with Crippen LogP contribution in [0.4, 0.5) is 5.69 Å². The van der Waals surface area contributed by atoms with Crippen molar-refractivity contribution in [1.29, 1.82) is 0 Å². The van der Waals surface area contributed by atoms with Crippen LogP contribution >= 0.6 is 15.9 Å². The second-order valence-electron chi connectivity index (χ2n) is 3.97. The molecule has 0 spiro atoms. The van der Waals surface area contributed by atoms with Crippen LogP contribution in [-0.2, 0) is 16.6 Å². The summed E-state index contributed by atoms with van der Waals surface area (Å²) in [4.78, 5) is 0. The van der Waals surface area contributed by atoms with Crippen LogP contribution in [0.25, 0.3) is 0 Å². The quantitative estimate of drug-likeness (QED) is 0.852. The molecule has 0 fully saturated rings. The number of methoxy groups -OCH3 is 1. The number of hydrogen-bond acceptors (Lipinski definition) is 5. The van der Waals surface area contributed by atoms with Gasteiger partial charge in [-0.25, -0.2) is 13.6 Å². The normalized spacial score (nSPS) is 11.3. The Morgan fingerprint density at radius 1 is 1.35 bits per heavy atom. The summed E-state index contributed by atoms with van der Waals surface area (Å²) in [5, 5.41) is 7.82. The van der Waals surface area contributed by atoms with Gasteiger partial charge in [0.25, 0.3) is 10.0 Å². The van der Waals surface area contributed by atoms with E-state index in [2.05, 4.69) is 21.2 Å². The maximum atomic E-state index is 11.1. The number of halogens is 1. The van der Waals surface area contributed by atoms with E-state index < -0.39 is 10.0 Å². The van der Waals surface area contributed by atoms with Gasteiger partial charge in [0.1, 0.15) is 11.5 Å². The van der Waals surface area contributed by atoms with E-state index in [0.717, 1.165) is 10.2 Å². The van der Waals surface area contributed by atoms with Gasteiger partial charge in [0, 0.05) is 11.8 Å². The highest BCUT2D eigenvalue weighted by Crippen LogP contribution is 2.28. The van der Waals surface area contributed by atoms with E-state index in [1.807, 2.05) is 18.2 Å². The van der Waals surface area contributed by atoms with Crippen molar-refractivity contribution < 1.29 is 17.6 Å². The molecule has 0 saturated heterocycles. The lowest BCUT2D eigenvalue weighted by Gasteiger charge is -2.08. The van der Waals surface area contributed by atoms with Crippen molar-refractivity contribution in [2.45, 2.75) is 11.6 Å². The summed E-state index contributed by atoms with van der Waals surface area (Å²) >= 11 is 3.36. The molecular weight excluding hydrogens is 348 g/mol. The topological polar surface area (TPSA) is 94.6 Å². The maximum absolute atomic E-state index is 11.1. The second-order valence-corrected chi connectivity index (χ2v) is 6.32. The summed E-state index contributed by atoms with van der Waals surface area (Å²) in [7, 11) is -2.22. The number of nitrogens with one attached hydrogen (secondary N) is 1. The monoisotopic (exact) mass is 360 g/mol. The van der Waals surface area contributed by atoms with E-state index in [1.54, 1.807) is 13.2 Å². The molecule has 0 amide bonds. The average molecular weight is 361 g/mol. The zero-order valence-corrected chi connectivity index (χ0v) is 13.0. The number of rotatable bonds is 5. The molecule has 0 bridgehead atoms. The molecule has 108 valence electrons. The second kappa shape index (κ2) is 5.86. The van der Waals surface area contributed by atoms with Crippen LogP contribution in [0.5, 0.6) is 5.75 Å². The van der Waals surface area contributed by atoms with Gasteiger partial charge in [-0.1, -0.05) is 0 Å². The number of sulfonamides is 1. The molecule has 8 heteroatoms. The van der Waals surface area contributed by atoms with E-state index in [1.165, 1.54) is 6.07 Å². The Bertz CT molecular complexity index is 712. The van der Waals surface area contributed by atoms with Gasteiger partial charge in [0.05, 0.1) is 18.1 Å². The van der Waals surface area contributed by atoms with Gasteiger partial charge < -0.3 is 14.5 Å². The van der Waals surface area contributed by atoms with Crippen LogP contribution in [0, 0.1) is 0 Å². The van der Waals surface area contributed by atoms with Crippen molar-refractivity contribution in [2.75, 3.05) is 12.4 Å². The van der Waals surface area contributed by atoms with Crippen molar-refractivity contribution in [2.24, 2.45) is 5.14 Å². The van der Waals surface area contributed by atoms with Crippen molar-refractivity contribution in [3.8, 4) is 5.75 Å². The Balaban J connectivity index is 2.07. The molecule has 1 aromatic carbocycles. The van der Waals surface area contributed by atoms with Crippen LogP contribution in [-0.4, -0.2) is 15.5 Å². The SMILES string of the molecule is COc1cc(NCc2ccc(S(N)(=O)=O)o2)ccc1Br. The van der Waals surface area contributed by atoms with Crippen LogP contribution in [0.15, 0.2) is 44.3 Å². The highest BCUT2D eigenvalue weighted by molar-refractivity contribution is 9.10. The summed E-state index contributed by atoms with van der Waals surface area (Å²) in [5.74, 6) is 1.16. The van der Waals surface area contributed by atoms with E-state index in [9.17, 15) is 8.42 Å². The van der Waals surface area contributed by atoms with E-state index in [0.29, 0.717) is 18.1 Å². The van der Waals surface area contributed by atoms with Crippen LogP contribution in [0.1, 0.15) is 5.76 Å². The Morgan fingerprint density at radius 3 is 2.70 bits per heavy atom. The van der Waals surface area contributed by atoms with Gasteiger partial charge in [0.15, 0.2) is 0 Å². The average Bonchev–Trinajstić information content (AvgIpc) is 2.86. The van der Waals surface area contributed by atoms with Gasteiger partial charge >= 0.3 is 0 Å². The predicted octanol–water partition coefficient (Wildman–Crippen LogP) is 2.31. The number of anilines is 1. The third kappa shape index (κ3) is 3.53.